The minimum Gasteiger partial charge on any atom is -0.465 e. The lowest BCUT2D eigenvalue weighted by atomic mass is 10.1. The molecule has 1 saturated heterocycles. The normalized spacial score (nSPS) is 19.4. The third-order valence-electron chi connectivity index (χ3n) is 3.06. The maximum absolute atomic E-state index is 12.0. The summed E-state index contributed by atoms with van der Waals surface area (Å²) in [4.78, 5) is 25.8. The number of amides is 2. The van der Waals surface area contributed by atoms with Crippen molar-refractivity contribution in [3.05, 3.63) is 0 Å². The van der Waals surface area contributed by atoms with E-state index in [9.17, 15) is 9.59 Å². The first-order valence-corrected chi connectivity index (χ1v) is 5.97. The van der Waals surface area contributed by atoms with Crippen molar-refractivity contribution < 1.29 is 14.7 Å². The molecule has 1 atom stereocenters. The standard InChI is InChI=1S/C12H19N3O3/c1-12(2,3)15(11(17)18)8-10(16)14-6-4-5-9(14)7-13/h9H,4-6,8H2,1-3H3,(H,17,18)/t9-/m0/s1. The SMILES string of the molecule is CC(C)(C)N(CC(=O)N1CCC[C@H]1C#N)C(=O)O. The number of likely N-dealkylation sites (tertiary alicyclic amines) is 1. The van der Waals surface area contributed by atoms with E-state index < -0.39 is 17.7 Å². The van der Waals surface area contributed by atoms with Crippen molar-refractivity contribution in [1.82, 2.24) is 9.80 Å². The van der Waals surface area contributed by atoms with Gasteiger partial charge in [-0.25, -0.2) is 4.79 Å². The molecule has 100 valence electrons. The highest BCUT2D eigenvalue weighted by molar-refractivity contribution is 5.83. The molecule has 1 aliphatic heterocycles. The van der Waals surface area contributed by atoms with Crippen LogP contribution < -0.4 is 0 Å². The number of nitrogens with zero attached hydrogens (tertiary/aromatic N) is 3. The van der Waals surface area contributed by atoms with E-state index in [2.05, 4.69) is 6.07 Å². The summed E-state index contributed by atoms with van der Waals surface area (Å²) in [6, 6.07) is 1.67. The predicted molar refractivity (Wildman–Crippen MR) is 64.8 cm³/mol. The number of carbonyl (C=O) groups is 2. The van der Waals surface area contributed by atoms with Gasteiger partial charge >= 0.3 is 6.09 Å². The molecule has 6 heteroatoms. The van der Waals surface area contributed by atoms with E-state index in [1.807, 2.05) is 0 Å². The van der Waals surface area contributed by atoms with Gasteiger partial charge in [0.05, 0.1) is 6.07 Å². The van der Waals surface area contributed by atoms with E-state index in [0.717, 1.165) is 11.3 Å². The molecule has 6 nitrogen and oxygen atoms in total. The molecule has 1 rings (SSSR count). The molecule has 1 aliphatic rings. The smallest absolute Gasteiger partial charge is 0.408 e. The number of hydrogen-bond donors (Lipinski definition) is 1. The van der Waals surface area contributed by atoms with E-state index >= 15 is 0 Å². The molecule has 0 aromatic carbocycles. The zero-order valence-electron chi connectivity index (χ0n) is 11.0. The van der Waals surface area contributed by atoms with Gasteiger partial charge in [0.25, 0.3) is 0 Å². The Bertz CT molecular complexity index is 381. The zero-order valence-corrected chi connectivity index (χ0v) is 11.0. The van der Waals surface area contributed by atoms with Gasteiger partial charge in [0, 0.05) is 12.1 Å². The van der Waals surface area contributed by atoms with Gasteiger partial charge in [-0.3, -0.25) is 9.69 Å². The summed E-state index contributed by atoms with van der Waals surface area (Å²) in [6.45, 7) is 5.55. The van der Waals surface area contributed by atoms with E-state index in [0.29, 0.717) is 13.0 Å². The van der Waals surface area contributed by atoms with Crippen LogP contribution in [0.25, 0.3) is 0 Å². The summed E-state index contributed by atoms with van der Waals surface area (Å²) in [7, 11) is 0. The lowest BCUT2D eigenvalue weighted by Crippen LogP contribution is -2.51. The van der Waals surface area contributed by atoms with Crippen LogP contribution in [-0.2, 0) is 4.79 Å². The summed E-state index contributed by atoms with van der Waals surface area (Å²) in [6.07, 6.45) is 0.348. The molecule has 2 amide bonds. The second-order valence-corrected chi connectivity index (χ2v) is 5.41. The Morgan fingerprint density at radius 3 is 2.56 bits per heavy atom. The third kappa shape index (κ3) is 3.13. The first-order chi connectivity index (χ1) is 8.27. The highest BCUT2D eigenvalue weighted by Gasteiger charge is 2.33. The highest BCUT2D eigenvalue weighted by atomic mass is 16.4. The van der Waals surface area contributed by atoms with Crippen LogP contribution in [0.15, 0.2) is 0 Å². The number of carbonyl (C=O) groups excluding carboxylic acids is 1. The van der Waals surface area contributed by atoms with Crippen molar-refractivity contribution in [2.24, 2.45) is 0 Å². The fourth-order valence-corrected chi connectivity index (χ4v) is 2.02. The lowest BCUT2D eigenvalue weighted by Gasteiger charge is -2.34. The molecule has 0 aromatic heterocycles. The van der Waals surface area contributed by atoms with Gasteiger partial charge in [-0.05, 0) is 33.6 Å². The monoisotopic (exact) mass is 253 g/mol. The van der Waals surface area contributed by atoms with Gasteiger partial charge < -0.3 is 10.0 Å². The molecule has 18 heavy (non-hydrogen) atoms. The van der Waals surface area contributed by atoms with Crippen LogP contribution in [0.3, 0.4) is 0 Å². The molecule has 0 spiro atoms. The van der Waals surface area contributed by atoms with Crippen molar-refractivity contribution in [1.29, 1.82) is 5.26 Å². The molecule has 0 bridgehead atoms. The van der Waals surface area contributed by atoms with Crippen LogP contribution in [0, 0.1) is 11.3 Å². The lowest BCUT2D eigenvalue weighted by molar-refractivity contribution is -0.133. The number of rotatable bonds is 2. The molecule has 0 aromatic rings. The minimum absolute atomic E-state index is 0.197. The summed E-state index contributed by atoms with van der Waals surface area (Å²) < 4.78 is 0. The zero-order chi connectivity index (χ0) is 13.9. The Morgan fingerprint density at radius 1 is 1.50 bits per heavy atom. The second kappa shape index (κ2) is 5.25. The van der Waals surface area contributed by atoms with Crippen molar-refractivity contribution >= 4 is 12.0 Å². The van der Waals surface area contributed by atoms with Crippen molar-refractivity contribution in [2.75, 3.05) is 13.1 Å². The predicted octanol–water partition coefficient (Wildman–Crippen LogP) is 1.28. The Kier molecular flexibility index (Phi) is 4.17. The molecule has 1 N–H and O–H groups in total. The van der Waals surface area contributed by atoms with Gasteiger partial charge in [-0.2, -0.15) is 5.26 Å². The average molecular weight is 253 g/mol. The van der Waals surface area contributed by atoms with Crippen molar-refractivity contribution in [2.45, 2.75) is 45.2 Å². The fourth-order valence-electron chi connectivity index (χ4n) is 2.02. The first-order valence-electron chi connectivity index (χ1n) is 5.97. The summed E-state index contributed by atoms with van der Waals surface area (Å²) >= 11 is 0. The van der Waals surface area contributed by atoms with Gasteiger partial charge in [0.2, 0.25) is 5.91 Å². The van der Waals surface area contributed by atoms with Crippen LogP contribution in [0.4, 0.5) is 4.79 Å². The number of carboxylic acid groups (broad SMARTS) is 1. The molecule has 0 unspecified atom stereocenters. The van der Waals surface area contributed by atoms with E-state index in [1.165, 1.54) is 4.90 Å². The highest BCUT2D eigenvalue weighted by Crippen LogP contribution is 2.19. The summed E-state index contributed by atoms with van der Waals surface area (Å²) in [5, 5.41) is 18.0. The molecular weight excluding hydrogens is 234 g/mol. The molecule has 1 heterocycles. The largest absolute Gasteiger partial charge is 0.465 e. The Morgan fingerprint density at radius 2 is 2.11 bits per heavy atom. The Labute approximate surface area is 107 Å². The second-order valence-electron chi connectivity index (χ2n) is 5.41. The van der Waals surface area contributed by atoms with Crippen LogP contribution in [0.5, 0.6) is 0 Å². The summed E-state index contributed by atoms with van der Waals surface area (Å²) in [5.41, 5.74) is -0.636. The average Bonchev–Trinajstić information content (AvgIpc) is 2.71. The first kappa shape index (κ1) is 14.3. The molecule has 0 saturated carbocycles. The molecular formula is C12H19N3O3. The Hall–Kier alpha value is -1.77. The third-order valence-corrected chi connectivity index (χ3v) is 3.06. The van der Waals surface area contributed by atoms with Gasteiger partial charge in [-0.1, -0.05) is 0 Å². The van der Waals surface area contributed by atoms with Crippen molar-refractivity contribution in [3.63, 3.8) is 0 Å². The fraction of sp³-hybridized carbons (Fsp3) is 0.750. The van der Waals surface area contributed by atoms with Gasteiger partial charge in [0.1, 0.15) is 12.6 Å². The van der Waals surface area contributed by atoms with Crippen LogP contribution in [0.2, 0.25) is 0 Å². The van der Waals surface area contributed by atoms with E-state index in [4.69, 9.17) is 10.4 Å². The quantitative estimate of drug-likeness (QED) is 0.803. The number of nitriles is 1. The van der Waals surface area contributed by atoms with E-state index in [1.54, 1.807) is 20.8 Å². The van der Waals surface area contributed by atoms with Crippen LogP contribution in [-0.4, -0.2) is 51.6 Å². The molecule has 0 aliphatic carbocycles. The molecule has 0 radical (unpaired) electrons. The minimum atomic E-state index is -1.12. The van der Waals surface area contributed by atoms with Gasteiger partial charge in [0.15, 0.2) is 0 Å². The number of hydrogen-bond acceptors (Lipinski definition) is 3. The Balaban J connectivity index is 2.74. The molecule has 1 fully saturated rings. The summed E-state index contributed by atoms with van der Waals surface area (Å²) in [5.74, 6) is -0.295. The van der Waals surface area contributed by atoms with E-state index in [-0.39, 0.29) is 12.5 Å². The van der Waals surface area contributed by atoms with Crippen LogP contribution in [0.1, 0.15) is 33.6 Å². The van der Waals surface area contributed by atoms with Crippen molar-refractivity contribution in [3.8, 4) is 6.07 Å². The maximum atomic E-state index is 12.0. The van der Waals surface area contributed by atoms with Gasteiger partial charge in [-0.15, -0.1) is 0 Å². The maximum Gasteiger partial charge on any atom is 0.408 e. The topological polar surface area (TPSA) is 84.6 Å². The van der Waals surface area contributed by atoms with Crippen LogP contribution >= 0.6 is 0 Å².